The first kappa shape index (κ1) is 13.7. The molecule has 1 unspecified atom stereocenters. The summed E-state index contributed by atoms with van der Waals surface area (Å²) in [6, 6.07) is 6.13. The van der Waals surface area contributed by atoms with Gasteiger partial charge in [-0.25, -0.2) is 13.9 Å². The van der Waals surface area contributed by atoms with E-state index in [1.165, 1.54) is 12.1 Å². The second-order valence-electron chi connectivity index (χ2n) is 4.64. The highest BCUT2D eigenvalue weighted by atomic mass is 19.1. The van der Waals surface area contributed by atoms with Crippen LogP contribution in [0.4, 0.5) is 4.39 Å². The highest BCUT2D eigenvalue weighted by Crippen LogP contribution is 2.27. The van der Waals surface area contributed by atoms with Crippen LogP contribution in [0, 0.1) is 5.82 Å². The maximum absolute atomic E-state index is 12.9. The van der Waals surface area contributed by atoms with E-state index < -0.39 is 5.97 Å². The minimum Gasteiger partial charge on any atom is -0.461 e. The molecule has 0 fully saturated rings. The molecule has 6 nitrogen and oxygen atoms in total. The maximum atomic E-state index is 12.9. The summed E-state index contributed by atoms with van der Waals surface area (Å²) in [7, 11) is 0. The largest absolute Gasteiger partial charge is 0.461 e. The first-order valence-electron chi connectivity index (χ1n) is 6.65. The van der Waals surface area contributed by atoms with Crippen LogP contribution < -0.4 is 0 Å². The third-order valence-corrected chi connectivity index (χ3v) is 3.31. The number of benzene rings is 1. The molecule has 2 heterocycles. The van der Waals surface area contributed by atoms with Gasteiger partial charge in [0.15, 0.2) is 5.69 Å². The average Bonchev–Trinajstić information content (AvgIpc) is 2.91. The Labute approximate surface area is 120 Å². The number of carbonyl (C=O) groups is 1. The molecule has 0 saturated heterocycles. The number of halogens is 1. The molecule has 3 rings (SSSR count). The summed E-state index contributed by atoms with van der Waals surface area (Å²) in [6.45, 7) is 2.65. The van der Waals surface area contributed by atoms with Gasteiger partial charge in [-0.3, -0.25) is 0 Å². The van der Waals surface area contributed by atoms with Gasteiger partial charge >= 0.3 is 5.97 Å². The van der Waals surface area contributed by atoms with Crippen molar-refractivity contribution in [2.75, 3.05) is 6.61 Å². The molecule has 0 radical (unpaired) electrons. The smallest absolute Gasteiger partial charge is 0.360 e. The van der Waals surface area contributed by atoms with Crippen molar-refractivity contribution in [3.63, 3.8) is 0 Å². The van der Waals surface area contributed by atoms with Crippen molar-refractivity contribution in [2.45, 2.75) is 26.2 Å². The summed E-state index contributed by atoms with van der Waals surface area (Å²) in [5.74, 6) is -0.789. The second-order valence-corrected chi connectivity index (χ2v) is 4.64. The van der Waals surface area contributed by atoms with Crippen molar-refractivity contribution in [3.8, 4) is 0 Å². The Hall–Kier alpha value is -2.28. The minimum absolute atomic E-state index is 0.189. The molecule has 1 atom stereocenters. The Bertz CT molecular complexity index is 654. The molecule has 1 aromatic heterocycles. The van der Waals surface area contributed by atoms with Crippen LogP contribution in [-0.2, 0) is 22.6 Å². The Morgan fingerprint density at radius 3 is 2.95 bits per heavy atom. The first-order valence-corrected chi connectivity index (χ1v) is 6.65. The van der Waals surface area contributed by atoms with E-state index in [-0.39, 0.29) is 30.8 Å². The van der Waals surface area contributed by atoms with Crippen LogP contribution in [0.3, 0.4) is 0 Å². The Morgan fingerprint density at radius 2 is 2.24 bits per heavy atom. The lowest BCUT2D eigenvalue weighted by Gasteiger charge is -2.24. The number of esters is 1. The summed E-state index contributed by atoms with van der Waals surface area (Å²) < 4.78 is 25.2. The average molecular weight is 291 g/mol. The number of hydrogen-bond acceptors (Lipinski definition) is 5. The van der Waals surface area contributed by atoms with E-state index >= 15 is 0 Å². The van der Waals surface area contributed by atoms with E-state index in [1.807, 2.05) is 0 Å². The fraction of sp³-hybridized carbons (Fsp3) is 0.357. The fourth-order valence-corrected chi connectivity index (χ4v) is 2.25. The Balaban J connectivity index is 1.80. The van der Waals surface area contributed by atoms with Gasteiger partial charge in [0.1, 0.15) is 11.9 Å². The lowest BCUT2D eigenvalue weighted by atomic mass is 10.1. The molecule has 0 bridgehead atoms. The number of carbonyl (C=O) groups excluding carboxylic acids is 1. The molecule has 0 aliphatic carbocycles. The monoisotopic (exact) mass is 291 g/mol. The van der Waals surface area contributed by atoms with E-state index in [9.17, 15) is 9.18 Å². The molecule has 1 aliphatic rings. The summed E-state index contributed by atoms with van der Waals surface area (Å²) >= 11 is 0. The van der Waals surface area contributed by atoms with Crippen molar-refractivity contribution < 1.29 is 18.7 Å². The number of nitrogens with zero attached hydrogens (tertiary/aromatic N) is 3. The molecule has 0 spiro atoms. The highest BCUT2D eigenvalue weighted by molar-refractivity contribution is 5.88. The van der Waals surface area contributed by atoms with Gasteiger partial charge in [0.05, 0.1) is 25.5 Å². The van der Waals surface area contributed by atoms with Gasteiger partial charge < -0.3 is 9.47 Å². The Morgan fingerprint density at radius 1 is 1.48 bits per heavy atom. The van der Waals surface area contributed by atoms with Crippen molar-refractivity contribution in [2.24, 2.45) is 0 Å². The highest BCUT2D eigenvalue weighted by Gasteiger charge is 2.28. The molecule has 21 heavy (non-hydrogen) atoms. The minimum atomic E-state index is -0.498. The standard InChI is InChI=1S/C14H14FN3O3/c1-2-20-14(19)13-11-8-21-12(7-18(11)17-16-13)9-3-5-10(15)6-4-9/h3-6,12H,2,7-8H2,1H3. The van der Waals surface area contributed by atoms with E-state index in [0.717, 1.165) is 5.56 Å². The summed E-state index contributed by atoms with van der Waals surface area (Å²) in [4.78, 5) is 11.7. The zero-order chi connectivity index (χ0) is 14.8. The third-order valence-electron chi connectivity index (χ3n) is 3.31. The number of fused-ring (bicyclic) bond motifs is 1. The molecule has 1 aromatic carbocycles. The van der Waals surface area contributed by atoms with Crippen LogP contribution >= 0.6 is 0 Å². The maximum Gasteiger partial charge on any atom is 0.360 e. The predicted molar refractivity (Wildman–Crippen MR) is 69.9 cm³/mol. The first-order chi connectivity index (χ1) is 10.2. The summed E-state index contributed by atoms with van der Waals surface area (Å²) in [5, 5.41) is 7.82. The number of ether oxygens (including phenoxy) is 2. The number of rotatable bonds is 3. The molecular weight excluding hydrogens is 277 g/mol. The fourth-order valence-electron chi connectivity index (χ4n) is 2.25. The molecule has 2 aromatic rings. The quantitative estimate of drug-likeness (QED) is 0.808. The van der Waals surface area contributed by atoms with Gasteiger partial charge in [0.2, 0.25) is 0 Å². The van der Waals surface area contributed by atoms with E-state index in [0.29, 0.717) is 12.2 Å². The molecule has 1 aliphatic heterocycles. The van der Waals surface area contributed by atoms with Crippen LogP contribution in [0.15, 0.2) is 24.3 Å². The van der Waals surface area contributed by atoms with E-state index in [4.69, 9.17) is 9.47 Å². The molecule has 110 valence electrons. The zero-order valence-electron chi connectivity index (χ0n) is 11.5. The van der Waals surface area contributed by atoms with Crippen LogP contribution in [0.2, 0.25) is 0 Å². The van der Waals surface area contributed by atoms with Gasteiger partial charge in [0, 0.05) is 0 Å². The number of aromatic nitrogens is 3. The normalized spacial score (nSPS) is 17.3. The van der Waals surface area contributed by atoms with Crippen LogP contribution in [0.25, 0.3) is 0 Å². The molecule has 7 heteroatoms. The van der Waals surface area contributed by atoms with E-state index in [1.54, 1.807) is 23.7 Å². The second kappa shape index (κ2) is 5.61. The number of hydrogen-bond donors (Lipinski definition) is 0. The lowest BCUT2D eigenvalue weighted by Crippen LogP contribution is -2.23. The van der Waals surface area contributed by atoms with Crippen molar-refractivity contribution in [3.05, 3.63) is 47.0 Å². The molecular formula is C14H14FN3O3. The van der Waals surface area contributed by atoms with Gasteiger partial charge in [-0.1, -0.05) is 17.3 Å². The topological polar surface area (TPSA) is 66.2 Å². The SMILES string of the molecule is CCOC(=O)c1nnn2c1COC(c1ccc(F)cc1)C2. The van der Waals surface area contributed by atoms with Crippen LogP contribution in [0.1, 0.15) is 34.8 Å². The molecule has 0 N–H and O–H groups in total. The lowest BCUT2D eigenvalue weighted by molar-refractivity contribution is -0.00236. The van der Waals surface area contributed by atoms with Crippen LogP contribution in [0.5, 0.6) is 0 Å². The van der Waals surface area contributed by atoms with Gasteiger partial charge in [-0.15, -0.1) is 5.10 Å². The zero-order valence-corrected chi connectivity index (χ0v) is 11.5. The summed E-state index contributed by atoms with van der Waals surface area (Å²) in [6.07, 6.45) is -0.241. The Kier molecular flexibility index (Phi) is 3.66. The predicted octanol–water partition coefficient (Wildman–Crippen LogP) is 1.87. The van der Waals surface area contributed by atoms with E-state index in [2.05, 4.69) is 10.3 Å². The van der Waals surface area contributed by atoms with Crippen molar-refractivity contribution >= 4 is 5.97 Å². The molecule has 0 saturated carbocycles. The van der Waals surface area contributed by atoms with Crippen LogP contribution in [-0.4, -0.2) is 27.6 Å². The van der Waals surface area contributed by atoms with Crippen molar-refractivity contribution in [1.82, 2.24) is 15.0 Å². The van der Waals surface area contributed by atoms with Gasteiger partial charge in [-0.05, 0) is 24.6 Å². The van der Waals surface area contributed by atoms with Crippen molar-refractivity contribution in [1.29, 1.82) is 0 Å². The van der Waals surface area contributed by atoms with Gasteiger partial charge in [0.25, 0.3) is 0 Å². The van der Waals surface area contributed by atoms with Gasteiger partial charge in [-0.2, -0.15) is 0 Å². The summed E-state index contributed by atoms with van der Waals surface area (Å²) in [5.41, 5.74) is 1.65. The molecule has 0 amide bonds. The third kappa shape index (κ3) is 2.64.